The molecule has 130 valence electrons. The van der Waals surface area contributed by atoms with Gasteiger partial charge in [-0.3, -0.25) is 9.36 Å². The smallest absolute Gasteiger partial charge is 0.330 e. The highest BCUT2D eigenvalue weighted by molar-refractivity contribution is 5.08. The maximum Gasteiger partial charge on any atom is 0.330 e. The maximum absolute atomic E-state index is 12.2. The Morgan fingerprint density at radius 1 is 1.30 bits per heavy atom. The molecule has 6 nitrogen and oxygen atoms in total. The first kappa shape index (κ1) is 17.9. The number of nitrogens with one attached hydrogen (secondary N) is 1. The second-order valence-corrected chi connectivity index (χ2v) is 8.06. The molecule has 0 radical (unpaired) electrons. The minimum Gasteiger partial charge on any atom is -0.394 e. The van der Waals surface area contributed by atoms with E-state index >= 15 is 0 Å². The molecule has 1 saturated carbocycles. The number of aromatic nitrogens is 2. The fraction of sp³-hybridized carbons (Fsp3) is 0.765. The lowest BCUT2D eigenvalue weighted by Crippen LogP contribution is -2.55. The Morgan fingerprint density at radius 2 is 1.96 bits per heavy atom. The third-order valence-electron chi connectivity index (χ3n) is 4.93. The van der Waals surface area contributed by atoms with E-state index in [1.165, 1.54) is 11.6 Å². The molecule has 1 heterocycles. The van der Waals surface area contributed by atoms with Crippen LogP contribution >= 0.6 is 0 Å². The van der Waals surface area contributed by atoms with Crippen molar-refractivity contribution in [2.45, 2.75) is 52.1 Å². The summed E-state index contributed by atoms with van der Waals surface area (Å²) >= 11 is 0. The molecule has 23 heavy (non-hydrogen) atoms. The molecule has 0 saturated heterocycles. The fourth-order valence-electron chi connectivity index (χ4n) is 4.34. The van der Waals surface area contributed by atoms with Crippen LogP contribution in [0.5, 0.6) is 0 Å². The van der Waals surface area contributed by atoms with E-state index in [0.29, 0.717) is 18.0 Å². The number of nitrogens with zero attached hydrogens (tertiary/aromatic N) is 2. The van der Waals surface area contributed by atoms with E-state index in [0.717, 1.165) is 23.8 Å². The van der Waals surface area contributed by atoms with E-state index < -0.39 is 0 Å². The first-order valence-electron chi connectivity index (χ1n) is 8.21. The summed E-state index contributed by atoms with van der Waals surface area (Å²) in [7, 11) is 3.13. The van der Waals surface area contributed by atoms with Crippen LogP contribution in [0.1, 0.15) is 45.6 Å². The van der Waals surface area contributed by atoms with Gasteiger partial charge in [-0.25, -0.2) is 4.79 Å². The molecule has 0 aliphatic heterocycles. The number of hydrogen-bond acceptors (Lipinski definition) is 4. The van der Waals surface area contributed by atoms with Crippen molar-refractivity contribution in [1.82, 2.24) is 14.5 Å². The molecule has 2 rings (SSSR count). The molecule has 2 N–H and O–H groups in total. The van der Waals surface area contributed by atoms with Gasteiger partial charge < -0.3 is 15.0 Å². The van der Waals surface area contributed by atoms with Gasteiger partial charge in [0, 0.05) is 37.9 Å². The summed E-state index contributed by atoms with van der Waals surface area (Å²) in [5.74, 6) is 0.515. The van der Waals surface area contributed by atoms with E-state index in [1.807, 2.05) is 0 Å². The zero-order chi connectivity index (χ0) is 17.4. The van der Waals surface area contributed by atoms with Gasteiger partial charge in [-0.2, -0.15) is 0 Å². The zero-order valence-corrected chi connectivity index (χ0v) is 14.8. The third kappa shape index (κ3) is 3.75. The molecule has 2 atom stereocenters. The molecule has 1 aromatic rings. The molecular weight excluding hydrogens is 294 g/mol. The van der Waals surface area contributed by atoms with E-state index in [1.54, 1.807) is 13.2 Å². The van der Waals surface area contributed by atoms with Crippen molar-refractivity contribution in [2.24, 2.45) is 25.4 Å². The van der Waals surface area contributed by atoms with Crippen LogP contribution in [0.4, 0.5) is 0 Å². The fourth-order valence-corrected chi connectivity index (χ4v) is 4.34. The second-order valence-electron chi connectivity index (χ2n) is 8.06. The van der Waals surface area contributed by atoms with Gasteiger partial charge in [0.2, 0.25) is 0 Å². The highest BCUT2D eigenvalue weighted by Crippen LogP contribution is 2.43. The van der Waals surface area contributed by atoms with Crippen molar-refractivity contribution in [3.63, 3.8) is 0 Å². The first-order valence-corrected chi connectivity index (χ1v) is 8.21. The van der Waals surface area contributed by atoms with Gasteiger partial charge in [0.05, 0.1) is 6.61 Å². The van der Waals surface area contributed by atoms with Gasteiger partial charge >= 0.3 is 5.69 Å². The predicted octanol–water partition coefficient (Wildman–Crippen LogP) is 0.751. The lowest BCUT2D eigenvalue weighted by atomic mass is 9.64. The van der Waals surface area contributed by atoms with Crippen molar-refractivity contribution in [3.8, 4) is 0 Å². The molecule has 1 aromatic heterocycles. The highest BCUT2D eigenvalue weighted by atomic mass is 16.3. The van der Waals surface area contributed by atoms with Crippen LogP contribution in [0.15, 0.2) is 15.8 Å². The van der Waals surface area contributed by atoms with E-state index in [4.69, 9.17) is 0 Å². The van der Waals surface area contributed by atoms with Crippen LogP contribution < -0.4 is 16.6 Å². The Hall–Kier alpha value is -1.40. The topological polar surface area (TPSA) is 76.3 Å². The van der Waals surface area contributed by atoms with Crippen molar-refractivity contribution < 1.29 is 5.11 Å². The summed E-state index contributed by atoms with van der Waals surface area (Å²) in [6, 6.07) is 0. The van der Waals surface area contributed by atoms with Gasteiger partial charge in [0.25, 0.3) is 5.56 Å². The molecule has 0 amide bonds. The Bertz CT molecular complexity index is 689. The number of aliphatic hydroxyl groups is 1. The number of rotatable bonds is 4. The lowest BCUT2D eigenvalue weighted by molar-refractivity contribution is 0.0351. The normalized spacial score (nSPS) is 27.1. The number of hydrogen-bond donors (Lipinski definition) is 2. The summed E-state index contributed by atoms with van der Waals surface area (Å²) < 4.78 is 2.54. The van der Waals surface area contributed by atoms with Gasteiger partial charge in [0.1, 0.15) is 0 Å². The average molecular weight is 323 g/mol. The Kier molecular flexibility index (Phi) is 4.87. The Balaban J connectivity index is 2.25. The summed E-state index contributed by atoms with van der Waals surface area (Å²) in [5, 5.41) is 13.4. The number of aryl methyl sites for hydroxylation is 1. The van der Waals surface area contributed by atoms with Gasteiger partial charge in [-0.15, -0.1) is 0 Å². The van der Waals surface area contributed by atoms with Crippen molar-refractivity contribution in [3.05, 3.63) is 32.6 Å². The summed E-state index contributed by atoms with van der Waals surface area (Å²) in [6.07, 6.45) is 4.48. The number of aliphatic hydroxyl groups excluding tert-OH is 1. The van der Waals surface area contributed by atoms with Crippen molar-refractivity contribution >= 4 is 0 Å². The van der Waals surface area contributed by atoms with Crippen LogP contribution in [0.2, 0.25) is 0 Å². The summed E-state index contributed by atoms with van der Waals surface area (Å²) in [4.78, 5) is 24.0. The lowest BCUT2D eigenvalue weighted by Gasteiger charge is -2.47. The summed E-state index contributed by atoms with van der Waals surface area (Å²) in [6.45, 7) is 7.05. The minimum absolute atomic E-state index is 0.0485. The van der Waals surface area contributed by atoms with Gasteiger partial charge in [0.15, 0.2) is 0 Å². The SMILES string of the molecule is CC1CC(C)(C)CC(CO)(NCc2cn(C)c(=O)n(C)c2=O)C1. The van der Waals surface area contributed by atoms with Crippen molar-refractivity contribution in [1.29, 1.82) is 0 Å². The monoisotopic (exact) mass is 323 g/mol. The first-order chi connectivity index (χ1) is 10.6. The minimum atomic E-state index is -0.374. The van der Waals surface area contributed by atoms with Crippen molar-refractivity contribution in [2.75, 3.05) is 6.61 Å². The van der Waals surface area contributed by atoms with Gasteiger partial charge in [-0.05, 0) is 30.6 Å². The molecule has 6 heteroatoms. The van der Waals surface area contributed by atoms with Crippen LogP contribution in [-0.4, -0.2) is 26.4 Å². The molecule has 0 spiro atoms. The quantitative estimate of drug-likeness (QED) is 0.857. The molecule has 1 aliphatic rings. The highest BCUT2D eigenvalue weighted by Gasteiger charge is 2.42. The molecular formula is C17H29N3O3. The predicted molar refractivity (Wildman–Crippen MR) is 90.4 cm³/mol. The molecule has 2 unspecified atom stereocenters. The van der Waals surface area contributed by atoms with E-state index in [-0.39, 0.29) is 28.8 Å². The molecule has 1 fully saturated rings. The van der Waals surface area contributed by atoms with Crippen LogP contribution in [-0.2, 0) is 20.6 Å². The van der Waals surface area contributed by atoms with Crippen LogP contribution in [0.3, 0.4) is 0 Å². The standard InChI is InChI=1S/C17H29N3O3/c1-12-6-16(2,3)10-17(7-12,11-21)18-8-13-9-19(4)15(23)20(5)14(13)22/h9,12,18,21H,6-8,10-11H2,1-5H3. The van der Waals surface area contributed by atoms with Gasteiger partial charge in [-0.1, -0.05) is 20.8 Å². The maximum atomic E-state index is 12.2. The molecule has 1 aliphatic carbocycles. The molecule has 0 aromatic carbocycles. The third-order valence-corrected chi connectivity index (χ3v) is 4.93. The van der Waals surface area contributed by atoms with E-state index in [9.17, 15) is 14.7 Å². The zero-order valence-electron chi connectivity index (χ0n) is 14.8. The largest absolute Gasteiger partial charge is 0.394 e. The Labute approximate surface area is 137 Å². The average Bonchev–Trinajstić information content (AvgIpc) is 2.45. The summed E-state index contributed by atoms with van der Waals surface area (Å²) in [5.41, 5.74) is -0.290. The molecule has 0 bridgehead atoms. The Morgan fingerprint density at radius 3 is 2.52 bits per heavy atom. The second kappa shape index (κ2) is 6.24. The van der Waals surface area contributed by atoms with Crippen LogP contribution in [0, 0.1) is 11.3 Å². The van der Waals surface area contributed by atoms with Crippen LogP contribution in [0.25, 0.3) is 0 Å². The van der Waals surface area contributed by atoms with E-state index in [2.05, 4.69) is 26.1 Å².